The molecule has 0 atom stereocenters. The Kier molecular flexibility index (Phi) is 3.90. The molecule has 0 saturated carbocycles. The van der Waals surface area contributed by atoms with Crippen molar-refractivity contribution < 1.29 is 0 Å². The minimum Gasteiger partial charge on any atom is -0.397 e. The maximum Gasteiger partial charge on any atom is 0.146 e. The minimum absolute atomic E-state index is 0.396. The first-order chi connectivity index (χ1) is 7.59. The van der Waals surface area contributed by atoms with Crippen LogP contribution in [0.3, 0.4) is 0 Å². The Labute approximate surface area is 93.3 Å². The summed E-state index contributed by atoms with van der Waals surface area (Å²) in [4.78, 5) is 7.47. The van der Waals surface area contributed by atoms with Gasteiger partial charge in [-0.3, -0.25) is 4.98 Å². The zero-order valence-corrected chi connectivity index (χ0v) is 8.67. The van der Waals surface area contributed by atoms with Crippen LogP contribution in [0.5, 0.6) is 0 Å². The molecular weight excluding hydrogens is 204 g/mol. The molecule has 2 aromatic rings. The lowest BCUT2D eigenvalue weighted by Gasteiger charge is -1.92. The highest BCUT2D eigenvalue weighted by atomic mass is 14.9. The van der Waals surface area contributed by atoms with E-state index < -0.39 is 0 Å². The van der Waals surface area contributed by atoms with Gasteiger partial charge in [-0.1, -0.05) is 0 Å². The van der Waals surface area contributed by atoms with Crippen molar-refractivity contribution in [2.45, 2.75) is 0 Å². The molecule has 0 fully saturated rings. The third-order valence-corrected chi connectivity index (χ3v) is 1.65. The van der Waals surface area contributed by atoms with Gasteiger partial charge < -0.3 is 22.9 Å². The SMILES string of the molecule is Nc1cccnc1N.Nc1cncc(N)c1. The normalized spacial score (nSPS) is 9.00. The van der Waals surface area contributed by atoms with Crippen molar-refractivity contribution in [1.82, 2.24) is 9.97 Å². The maximum atomic E-state index is 5.33. The molecule has 8 N–H and O–H groups in total. The van der Waals surface area contributed by atoms with Crippen molar-refractivity contribution >= 4 is 22.9 Å². The van der Waals surface area contributed by atoms with E-state index in [1.807, 2.05) is 0 Å². The van der Waals surface area contributed by atoms with E-state index in [9.17, 15) is 0 Å². The van der Waals surface area contributed by atoms with Crippen LogP contribution in [0.1, 0.15) is 0 Å². The van der Waals surface area contributed by atoms with E-state index in [1.54, 1.807) is 36.8 Å². The van der Waals surface area contributed by atoms with Crippen LogP contribution in [0.4, 0.5) is 22.9 Å². The van der Waals surface area contributed by atoms with Crippen LogP contribution < -0.4 is 22.9 Å². The van der Waals surface area contributed by atoms with Gasteiger partial charge >= 0.3 is 0 Å². The first-order valence-corrected chi connectivity index (χ1v) is 4.51. The Bertz CT molecular complexity index is 418. The van der Waals surface area contributed by atoms with Crippen molar-refractivity contribution in [2.24, 2.45) is 0 Å². The van der Waals surface area contributed by atoms with Gasteiger partial charge in [-0.25, -0.2) is 4.98 Å². The largest absolute Gasteiger partial charge is 0.397 e. The van der Waals surface area contributed by atoms with E-state index in [0.717, 1.165) is 0 Å². The van der Waals surface area contributed by atoms with Gasteiger partial charge in [0, 0.05) is 18.6 Å². The second-order valence-corrected chi connectivity index (χ2v) is 3.03. The molecule has 0 bridgehead atoms. The molecular formula is C10H14N6. The Balaban J connectivity index is 0.000000160. The van der Waals surface area contributed by atoms with Gasteiger partial charge in [0.1, 0.15) is 5.82 Å². The van der Waals surface area contributed by atoms with Crippen LogP contribution in [-0.4, -0.2) is 9.97 Å². The summed E-state index contributed by atoms with van der Waals surface area (Å²) in [5.41, 5.74) is 23.0. The highest BCUT2D eigenvalue weighted by molar-refractivity contribution is 5.56. The summed E-state index contributed by atoms with van der Waals surface area (Å²) in [6.07, 6.45) is 4.71. The van der Waals surface area contributed by atoms with Crippen molar-refractivity contribution in [2.75, 3.05) is 22.9 Å². The summed E-state index contributed by atoms with van der Waals surface area (Å²) >= 11 is 0. The highest BCUT2D eigenvalue weighted by Crippen LogP contribution is 2.06. The number of nitrogens with two attached hydrogens (primary N) is 4. The quantitative estimate of drug-likeness (QED) is 0.509. The van der Waals surface area contributed by atoms with E-state index in [2.05, 4.69) is 9.97 Å². The predicted molar refractivity (Wildman–Crippen MR) is 66.1 cm³/mol. The summed E-state index contributed by atoms with van der Waals surface area (Å²) < 4.78 is 0. The first-order valence-electron chi connectivity index (χ1n) is 4.51. The van der Waals surface area contributed by atoms with Gasteiger partial charge in [0.2, 0.25) is 0 Å². The fraction of sp³-hybridized carbons (Fsp3) is 0. The second kappa shape index (κ2) is 5.40. The van der Waals surface area contributed by atoms with E-state index in [0.29, 0.717) is 22.9 Å². The average molecular weight is 218 g/mol. The number of hydrogen-bond acceptors (Lipinski definition) is 6. The average Bonchev–Trinajstić information content (AvgIpc) is 2.23. The minimum atomic E-state index is 0.396. The standard InChI is InChI=1S/2C5H7N3/c6-4-1-5(7)3-8-2-4;6-4-2-1-3-8-5(4)7/h1-3H,6-7H2;1-3H,6H2,(H2,7,8). The number of anilines is 4. The van der Waals surface area contributed by atoms with Crippen LogP contribution in [0.25, 0.3) is 0 Å². The molecule has 84 valence electrons. The van der Waals surface area contributed by atoms with Crippen LogP contribution in [-0.2, 0) is 0 Å². The monoisotopic (exact) mass is 218 g/mol. The van der Waals surface area contributed by atoms with Crippen molar-refractivity contribution in [1.29, 1.82) is 0 Å². The Morgan fingerprint density at radius 1 is 0.938 bits per heavy atom. The highest BCUT2D eigenvalue weighted by Gasteiger charge is 1.87. The smallest absolute Gasteiger partial charge is 0.146 e. The van der Waals surface area contributed by atoms with Crippen LogP contribution in [0.2, 0.25) is 0 Å². The molecule has 0 aliphatic carbocycles. The zero-order chi connectivity index (χ0) is 12.0. The molecule has 0 unspecified atom stereocenters. The second-order valence-electron chi connectivity index (χ2n) is 3.03. The fourth-order valence-electron chi connectivity index (χ4n) is 0.906. The number of rotatable bonds is 0. The lowest BCUT2D eigenvalue weighted by atomic mass is 10.4. The molecule has 2 rings (SSSR count). The summed E-state index contributed by atoms with van der Waals surface area (Å²) in [7, 11) is 0. The van der Waals surface area contributed by atoms with Gasteiger partial charge in [0.15, 0.2) is 0 Å². The van der Waals surface area contributed by atoms with E-state index in [1.165, 1.54) is 0 Å². The molecule has 2 heterocycles. The molecule has 6 nitrogen and oxygen atoms in total. The van der Waals surface area contributed by atoms with Gasteiger partial charge in [0.25, 0.3) is 0 Å². The summed E-state index contributed by atoms with van der Waals surface area (Å²) in [5.74, 6) is 0.396. The zero-order valence-electron chi connectivity index (χ0n) is 8.67. The number of pyridine rings is 2. The van der Waals surface area contributed by atoms with E-state index >= 15 is 0 Å². The lowest BCUT2D eigenvalue weighted by molar-refractivity contribution is 1.34. The van der Waals surface area contributed by atoms with Crippen LogP contribution >= 0.6 is 0 Å². The van der Waals surface area contributed by atoms with Crippen molar-refractivity contribution in [3.05, 3.63) is 36.8 Å². The molecule has 6 heteroatoms. The summed E-state index contributed by atoms with van der Waals surface area (Å²) in [6.45, 7) is 0. The molecule has 0 amide bonds. The molecule has 0 aromatic carbocycles. The fourth-order valence-corrected chi connectivity index (χ4v) is 0.906. The van der Waals surface area contributed by atoms with Gasteiger partial charge in [0.05, 0.1) is 17.1 Å². The molecule has 0 aliphatic heterocycles. The van der Waals surface area contributed by atoms with Crippen LogP contribution in [0.15, 0.2) is 36.8 Å². The number of aromatic nitrogens is 2. The van der Waals surface area contributed by atoms with Crippen LogP contribution in [0, 0.1) is 0 Å². The van der Waals surface area contributed by atoms with Crippen molar-refractivity contribution in [3.63, 3.8) is 0 Å². The molecule has 0 saturated heterocycles. The summed E-state index contributed by atoms with van der Waals surface area (Å²) in [5, 5.41) is 0. The third-order valence-electron chi connectivity index (χ3n) is 1.65. The molecule has 0 spiro atoms. The van der Waals surface area contributed by atoms with Gasteiger partial charge in [-0.05, 0) is 18.2 Å². The third kappa shape index (κ3) is 3.70. The Morgan fingerprint density at radius 2 is 1.56 bits per heavy atom. The van der Waals surface area contributed by atoms with Crippen molar-refractivity contribution in [3.8, 4) is 0 Å². The number of nitrogen functional groups attached to an aromatic ring is 4. The predicted octanol–water partition coefficient (Wildman–Crippen LogP) is 0.492. The Morgan fingerprint density at radius 3 is 1.88 bits per heavy atom. The molecule has 0 aliphatic rings. The van der Waals surface area contributed by atoms with E-state index in [4.69, 9.17) is 22.9 Å². The van der Waals surface area contributed by atoms with Gasteiger partial charge in [-0.15, -0.1) is 0 Å². The molecule has 0 radical (unpaired) electrons. The Hall–Kier alpha value is -2.50. The van der Waals surface area contributed by atoms with Gasteiger partial charge in [-0.2, -0.15) is 0 Å². The topological polar surface area (TPSA) is 130 Å². The number of hydrogen-bond donors (Lipinski definition) is 4. The first kappa shape index (κ1) is 11.6. The number of nitrogens with zero attached hydrogens (tertiary/aromatic N) is 2. The lowest BCUT2D eigenvalue weighted by Crippen LogP contribution is -1.95. The molecule has 2 aromatic heterocycles. The summed E-state index contributed by atoms with van der Waals surface area (Å²) in [6, 6.07) is 5.11. The maximum absolute atomic E-state index is 5.33. The molecule has 16 heavy (non-hydrogen) atoms. The van der Waals surface area contributed by atoms with E-state index in [-0.39, 0.29) is 0 Å².